The highest BCUT2D eigenvalue weighted by Crippen LogP contribution is 2.12. The number of rotatable bonds is 5. The highest BCUT2D eigenvalue weighted by molar-refractivity contribution is 5.84. The van der Waals surface area contributed by atoms with E-state index in [0.717, 1.165) is 0 Å². The number of hydrogen-bond donors (Lipinski definition) is 2. The predicted molar refractivity (Wildman–Crippen MR) is 64.7 cm³/mol. The molecule has 0 aromatic heterocycles. The number of halogens is 1. The van der Waals surface area contributed by atoms with Gasteiger partial charge in [-0.05, 0) is 31.2 Å². The van der Waals surface area contributed by atoms with Crippen molar-refractivity contribution in [3.05, 3.63) is 30.1 Å². The van der Waals surface area contributed by atoms with E-state index in [0.29, 0.717) is 5.75 Å². The third-order valence-corrected chi connectivity index (χ3v) is 2.10. The van der Waals surface area contributed by atoms with Crippen molar-refractivity contribution in [2.45, 2.75) is 13.0 Å². The molecular weight excluding hydrogens is 255 g/mol. The Bertz CT molecular complexity index is 436. The predicted octanol–water partition coefficient (Wildman–Crippen LogP) is 0.387. The number of methoxy groups -OCH3 is 1. The van der Waals surface area contributed by atoms with E-state index in [9.17, 15) is 14.0 Å². The van der Waals surface area contributed by atoms with Gasteiger partial charge in [0.25, 0.3) is 11.8 Å². The van der Waals surface area contributed by atoms with Crippen LogP contribution in [0.5, 0.6) is 5.75 Å². The molecule has 1 aromatic carbocycles. The van der Waals surface area contributed by atoms with Gasteiger partial charge in [-0.25, -0.2) is 4.39 Å². The first kappa shape index (κ1) is 14.9. The van der Waals surface area contributed by atoms with Crippen LogP contribution in [0.1, 0.15) is 6.92 Å². The summed E-state index contributed by atoms with van der Waals surface area (Å²) in [4.78, 5) is 22.6. The summed E-state index contributed by atoms with van der Waals surface area (Å²) < 4.78 is 22.5. The van der Waals surface area contributed by atoms with E-state index in [1.54, 1.807) is 0 Å². The van der Waals surface area contributed by atoms with Crippen molar-refractivity contribution in [3.63, 3.8) is 0 Å². The Hall–Kier alpha value is -2.15. The number of carbonyl (C=O) groups excluding carboxylic acids is 2. The summed E-state index contributed by atoms with van der Waals surface area (Å²) in [6.45, 7) is 1.34. The normalized spacial score (nSPS) is 11.5. The van der Waals surface area contributed by atoms with Gasteiger partial charge < -0.3 is 9.47 Å². The molecule has 2 amide bonds. The maximum absolute atomic E-state index is 12.7. The number of hydrazine groups is 1. The lowest BCUT2D eigenvalue weighted by Crippen LogP contribution is -2.48. The van der Waals surface area contributed by atoms with E-state index in [1.165, 1.54) is 38.3 Å². The first-order chi connectivity index (χ1) is 9.02. The fourth-order valence-electron chi connectivity index (χ4n) is 1.17. The molecule has 6 nitrogen and oxygen atoms in total. The summed E-state index contributed by atoms with van der Waals surface area (Å²) >= 11 is 0. The van der Waals surface area contributed by atoms with Gasteiger partial charge >= 0.3 is 0 Å². The molecule has 0 spiro atoms. The van der Waals surface area contributed by atoms with Crippen molar-refractivity contribution in [1.29, 1.82) is 0 Å². The Morgan fingerprint density at radius 1 is 1.26 bits per heavy atom. The van der Waals surface area contributed by atoms with Crippen LogP contribution in [0.4, 0.5) is 4.39 Å². The number of amides is 2. The van der Waals surface area contributed by atoms with Crippen LogP contribution in [0.15, 0.2) is 24.3 Å². The summed E-state index contributed by atoms with van der Waals surface area (Å²) in [5, 5.41) is 0. The molecule has 0 saturated carbocycles. The van der Waals surface area contributed by atoms with Gasteiger partial charge in [0.2, 0.25) is 0 Å². The lowest BCUT2D eigenvalue weighted by molar-refractivity contribution is -0.134. The Balaban J connectivity index is 2.40. The smallest absolute Gasteiger partial charge is 0.279 e. The van der Waals surface area contributed by atoms with Crippen molar-refractivity contribution in [2.24, 2.45) is 0 Å². The Morgan fingerprint density at radius 3 is 2.47 bits per heavy atom. The molecule has 19 heavy (non-hydrogen) atoms. The number of benzene rings is 1. The molecule has 0 fully saturated rings. The zero-order valence-electron chi connectivity index (χ0n) is 10.6. The van der Waals surface area contributed by atoms with Crippen LogP contribution in [-0.2, 0) is 14.3 Å². The minimum Gasteiger partial charge on any atom is -0.481 e. The van der Waals surface area contributed by atoms with Crippen LogP contribution >= 0.6 is 0 Å². The molecule has 0 unspecified atom stereocenters. The van der Waals surface area contributed by atoms with E-state index in [2.05, 4.69) is 15.6 Å². The second-order valence-corrected chi connectivity index (χ2v) is 3.68. The maximum atomic E-state index is 12.7. The van der Waals surface area contributed by atoms with E-state index in [1.807, 2.05) is 0 Å². The quantitative estimate of drug-likeness (QED) is 0.759. The van der Waals surface area contributed by atoms with E-state index < -0.39 is 23.7 Å². The molecule has 104 valence electrons. The molecule has 1 rings (SSSR count). The zero-order valence-corrected chi connectivity index (χ0v) is 10.6. The molecule has 1 atom stereocenters. The third-order valence-electron chi connectivity index (χ3n) is 2.10. The fraction of sp³-hybridized carbons (Fsp3) is 0.333. The van der Waals surface area contributed by atoms with Gasteiger partial charge in [-0.1, -0.05) is 0 Å². The Kier molecular flexibility index (Phi) is 5.74. The molecule has 0 aliphatic carbocycles. The monoisotopic (exact) mass is 270 g/mol. The van der Waals surface area contributed by atoms with E-state index >= 15 is 0 Å². The van der Waals surface area contributed by atoms with Gasteiger partial charge in [0.1, 0.15) is 18.2 Å². The molecule has 0 aliphatic heterocycles. The molecular formula is C12H15FN2O4. The average molecular weight is 270 g/mol. The van der Waals surface area contributed by atoms with Crippen LogP contribution in [0.2, 0.25) is 0 Å². The molecule has 0 saturated heterocycles. The fourth-order valence-corrected chi connectivity index (χ4v) is 1.17. The molecule has 7 heteroatoms. The lowest BCUT2D eigenvalue weighted by Gasteiger charge is -2.14. The summed E-state index contributed by atoms with van der Waals surface area (Å²) in [6, 6.07) is 5.26. The molecule has 0 radical (unpaired) electrons. The van der Waals surface area contributed by atoms with Gasteiger partial charge in [-0.3, -0.25) is 20.4 Å². The van der Waals surface area contributed by atoms with Gasteiger partial charge in [-0.15, -0.1) is 0 Å². The second-order valence-electron chi connectivity index (χ2n) is 3.68. The molecule has 0 bridgehead atoms. The summed E-state index contributed by atoms with van der Waals surface area (Å²) in [5.74, 6) is -1.05. The Labute approximate surface area is 109 Å². The summed E-state index contributed by atoms with van der Waals surface area (Å²) in [6.07, 6.45) is -0.840. The summed E-state index contributed by atoms with van der Waals surface area (Å²) in [5.41, 5.74) is 4.34. The zero-order chi connectivity index (χ0) is 14.3. The van der Waals surface area contributed by atoms with E-state index in [4.69, 9.17) is 4.74 Å². The van der Waals surface area contributed by atoms with Crippen molar-refractivity contribution < 1.29 is 23.5 Å². The first-order valence-electron chi connectivity index (χ1n) is 5.52. The largest absolute Gasteiger partial charge is 0.481 e. The van der Waals surface area contributed by atoms with Crippen LogP contribution in [-0.4, -0.2) is 31.6 Å². The minimum absolute atomic E-state index is 0.159. The van der Waals surface area contributed by atoms with E-state index in [-0.39, 0.29) is 6.61 Å². The Morgan fingerprint density at radius 2 is 1.89 bits per heavy atom. The first-order valence-corrected chi connectivity index (χ1v) is 5.52. The van der Waals surface area contributed by atoms with Crippen molar-refractivity contribution in [3.8, 4) is 5.75 Å². The molecule has 0 heterocycles. The molecule has 2 N–H and O–H groups in total. The molecule has 0 aliphatic rings. The van der Waals surface area contributed by atoms with Crippen LogP contribution in [0.3, 0.4) is 0 Å². The SMILES string of the molecule is COCC(=O)NNC(=O)[C@H](C)Oc1ccc(F)cc1. The number of hydrogen-bond acceptors (Lipinski definition) is 4. The highest BCUT2D eigenvalue weighted by atomic mass is 19.1. The van der Waals surface area contributed by atoms with Crippen LogP contribution in [0.25, 0.3) is 0 Å². The summed E-state index contributed by atoms with van der Waals surface area (Å²) in [7, 11) is 1.36. The van der Waals surface area contributed by atoms with Gasteiger partial charge in [0, 0.05) is 7.11 Å². The number of carbonyl (C=O) groups is 2. The number of nitrogens with one attached hydrogen (secondary N) is 2. The van der Waals surface area contributed by atoms with Gasteiger partial charge in [0.05, 0.1) is 0 Å². The standard InChI is InChI=1S/C12H15FN2O4/c1-8(12(17)15-14-11(16)7-18-2)19-10-5-3-9(13)4-6-10/h3-6,8H,7H2,1-2H3,(H,14,16)(H,15,17)/t8-/m0/s1. The molecule has 1 aromatic rings. The van der Waals surface area contributed by atoms with Gasteiger partial charge in [0.15, 0.2) is 6.10 Å². The maximum Gasteiger partial charge on any atom is 0.279 e. The van der Waals surface area contributed by atoms with Crippen LogP contribution < -0.4 is 15.6 Å². The lowest BCUT2D eigenvalue weighted by atomic mass is 10.3. The average Bonchev–Trinajstić information content (AvgIpc) is 2.39. The highest BCUT2D eigenvalue weighted by Gasteiger charge is 2.15. The number of ether oxygens (including phenoxy) is 2. The van der Waals surface area contributed by atoms with Crippen molar-refractivity contribution >= 4 is 11.8 Å². The topological polar surface area (TPSA) is 76.7 Å². The van der Waals surface area contributed by atoms with Gasteiger partial charge in [-0.2, -0.15) is 0 Å². The van der Waals surface area contributed by atoms with Crippen LogP contribution in [0, 0.1) is 5.82 Å². The van der Waals surface area contributed by atoms with Crippen molar-refractivity contribution in [1.82, 2.24) is 10.9 Å². The third kappa shape index (κ3) is 5.35. The second kappa shape index (κ2) is 7.32. The minimum atomic E-state index is -0.840. The van der Waals surface area contributed by atoms with Crippen molar-refractivity contribution in [2.75, 3.05) is 13.7 Å².